The van der Waals surface area contributed by atoms with Gasteiger partial charge in [-0.1, -0.05) is 13.8 Å². The molecule has 0 aliphatic carbocycles. The predicted molar refractivity (Wildman–Crippen MR) is 62.2 cm³/mol. The number of hydrogen-bond acceptors (Lipinski definition) is 4. The summed E-state index contributed by atoms with van der Waals surface area (Å²) in [5, 5.41) is 3.79. The molecule has 16 heavy (non-hydrogen) atoms. The number of carbonyl (C=O) groups is 1. The highest BCUT2D eigenvalue weighted by molar-refractivity contribution is 5.81. The number of hydrazone groups is 1. The van der Waals surface area contributed by atoms with E-state index in [1.54, 1.807) is 18.4 Å². The van der Waals surface area contributed by atoms with Gasteiger partial charge in [-0.2, -0.15) is 5.10 Å². The molecule has 0 saturated carbocycles. The van der Waals surface area contributed by atoms with Gasteiger partial charge in [-0.15, -0.1) is 0 Å². The quantitative estimate of drug-likeness (QED) is 0.579. The van der Waals surface area contributed by atoms with Gasteiger partial charge in [-0.05, 0) is 25.2 Å². The second kappa shape index (κ2) is 6.79. The van der Waals surface area contributed by atoms with Crippen molar-refractivity contribution in [3.63, 3.8) is 0 Å². The molecule has 1 N–H and O–H groups in total. The lowest BCUT2D eigenvalue weighted by Gasteiger charge is -2.15. The lowest BCUT2D eigenvalue weighted by Crippen LogP contribution is -2.35. The predicted octanol–water partition coefficient (Wildman–Crippen LogP) is 1.07. The molecular weight excluding hydrogens is 206 g/mol. The van der Waals surface area contributed by atoms with E-state index in [1.807, 2.05) is 18.7 Å². The molecule has 88 valence electrons. The van der Waals surface area contributed by atoms with Crippen molar-refractivity contribution in [1.82, 2.24) is 10.3 Å². The van der Waals surface area contributed by atoms with E-state index in [9.17, 15) is 4.79 Å². The van der Waals surface area contributed by atoms with Crippen molar-refractivity contribution in [3.8, 4) is 0 Å². The molecule has 1 heterocycles. The van der Waals surface area contributed by atoms with Crippen LogP contribution in [-0.4, -0.2) is 36.7 Å². The van der Waals surface area contributed by atoms with Crippen molar-refractivity contribution < 1.29 is 9.21 Å². The van der Waals surface area contributed by atoms with Gasteiger partial charge < -0.3 is 4.42 Å². The molecule has 1 rings (SSSR count). The van der Waals surface area contributed by atoms with Crippen LogP contribution in [0.15, 0.2) is 27.9 Å². The summed E-state index contributed by atoms with van der Waals surface area (Å²) >= 11 is 0. The van der Waals surface area contributed by atoms with E-state index in [-0.39, 0.29) is 5.91 Å². The maximum Gasteiger partial charge on any atom is 0.254 e. The third-order valence-electron chi connectivity index (χ3n) is 2.19. The Labute approximate surface area is 95.1 Å². The van der Waals surface area contributed by atoms with Crippen molar-refractivity contribution in [1.29, 1.82) is 0 Å². The molecule has 0 fully saturated rings. The fraction of sp³-hybridized carbons (Fsp3) is 0.455. The normalized spacial score (nSPS) is 11.2. The average molecular weight is 223 g/mol. The van der Waals surface area contributed by atoms with Crippen LogP contribution in [-0.2, 0) is 4.79 Å². The summed E-state index contributed by atoms with van der Waals surface area (Å²) in [6.07, 6.45) is 3.03. The first-order valence-corrected chi connectivity index (χ1v) is 5.34. The van der Waals surface area contributed by atoms with E-state index in [4.69, 9.17) is 4.42 Å². The van der Waals surface area contributed by atoms with Crippen LogP contribution in [0.4, 0.5) is 0 Å². The number of furan rings is 1. The highest BCUT2D eigenvalue weighted by Gasteiger charge is 2.05. The van der Waals surface area contributed by atoms with E-state index < -0.39 is 0 Å². The van der Waals surface area contributed by atoms with Gasteiger partial charge in [0.1, 0.15) is 5.76 Å². The molecule has 0 radical (unpaired) electrons. The van der Waals surface area contributed by atoms with Crippen molar-refractivity contribution in [2.24, 2.45) is 5.10 Å². The number of rotatable bonds is 6. The maximum absolute atomic E-state index is 11.4. The minimum absolute atomic E-state index is 0.119. The number of amides is 1. The molecule has 0 spiro atoms. The Morgan fingerprint density at radius 2 is 2.31 bits per heavy atom. The van der Waals surface area contributed by atoms with Gasteiger partial charge in [0.25, 0.3) is 5.91 Å². The molecule has 0 aliphatic rings. The summed E-state index contributed by atoms with van der Waals surface area (Å²) in [4.78, 5) is 13.4. The summed E-state index contributed by atoms with van der Waals surface area (Å²) in [6.45, 7) is 6.10. The van der Waals surface area contributed by atoms with Gasteiger partial charge >= 0.3 is 0 Å². The number of nitrogens with one attached hydrogen (secondary N) is 1. The number of nitrogens with zero attached hydrogens (tertiary/aromatic N) is 2. The van der Waals surface area contributed by atoms with Crippen LogP contribution in [0.1, 0.15) is 19.6 Å². The molecule has 5 heteroatoms. The zero-order valence-corrected chi connectivity index (χ0v) is 9.64. The van der Waals surface area contributed by atoms with Crippen LogP contribution in [0.5, 0.6) is 0 Å². The number of hydrogen-bond donors (Lipinski definition) is 1. The average Bonchev–Trinajstić information content (AvgIpc) is 2.79. The lowest BCUT2D eigenvalue weighted by molar-refractivity contribution is -0.122. The first-order valence-electron chi connectivity index (χ1n) is 5.34. The van der Waals surface area contributed by atoms with Gasteiger partial charge in [-0.25, -0.2) is 5.43 Å². The molecule has 1 amide bonds. The Hall–Kier alpha value is -1.62. The molecule has 0 bridgehead atoms. The topological polar surface area (TPSA) is 57.8 Å². The number of likely N-dealkylation sites (N-methyl/N-ethyl adjacent to an activating group) is 1. The molecule has 5 nitrogen and oxygen atoms in total. The number of carbonyl (C=O) groups excluding carboxylic acids is 1. The van der Waals surface area contributed by atoms with Gasteiger partial charge in [-0.3, -0.25) is 9.69 Å². The Balaban J connectivity index is 2.30. The zero-order valence-electron chi connectivity index (χ0n) is 9.64. The summed E-state index contributed by atoms with van der Waals surface area (Å²) < 4.78 is 5.03. The fourth-order valence-corrected chi connectivity index (χ4v) is 1.22. The minimum atomic E-state index is -0.119. The van der Waals surface area contributed by atoms with E-state index in [1.165, 1.54) is 6.21 Å². The Morgan fingerprint density at radius 3 is 2.88 bits per heavy atom. The first-order chi connectivity index (χ1) is 7.76. The Bertz CT molecular complexity index is 329. The van der Waals surface area contributed by atoms with Crippen molar-refractivity contribution >= 4 is 12.1 Å². The van der Waals surface area contributed by atoms with E-state index in [0.29, 0.717) is 12.3 Å². The van der Waals surface area contributed by atoms with E-state index in [0.717, 1.165) is 13.1 Å². The molecule has 0 unspecified atom stereocenters. The highest BCUT2D eigenvalue weighted by atomic mass is 16.3. The highest BCUT2D eigenvalue weighted by Crippen LogP contribution is 1.94. The van der Waals surface area contributed by atoms with Gasteiger partial charge in [0.05, 0.1) is 19.0 Å². The van der Waals surface area contributed by atoms with Gasteiger partial charge in [0.15, 0.2) is 0 Å². The van der Waals surface area contributed by atoms with Crippen molar-refractivity contribution in [2.75, 3.05) is 19.6 Å². The monoisotopic (exact) mass is 223 g/mol. The third-order valence-corrected chi connectivity index (χ3v) is 2.19. The van der Waals surface area contributed by atoms with Crippen LogP contribution in [0.25, 0.3) is 0 Å². The third kappa shape index (κ3) is 4.27. The lowest BCUT2D eigenvalue weighted by atomic mass is 10.4. The SMILES string of the molecule is CCN(CC)CC(=O)N/N=C/c1ccco1. The molecule has 0 aliphatic heterocycles. The molecule has 0 aromatic carbocycles. The minimum Gasteiger partial charge on any atom is -0.463 e. The smallest absolute Gasteiger partial charge is 0.254 e. The van der Waals surface area contributed by atoms with Gasteiger partial charge in [0.2, 0.25) is 0 Å². The molecule has 1 aromatic heterocycles. The van der Waals surface area contributed by atoms with E-state index >= 15 is 0 Å². The molecular formula is C11H17N3O2. The standard InChI is InChI=1S/C11H17N3O2/c1-3-14(4-2)9-11(15)13-12-8-10-6-5-7-16-10/h5-8H,3-4,9H2,1-2H3,(H,13,15)/b12-8+. The second-order valence-corrected chi connectivity index (χ2v) is 3.27. The van der Waals surface area contributed by atoms with Gasteiger partial charge in [0, 0.05) is 0 Å². The van der Waals surface area contributed by atoms with Crippen LogP contribution < -0.4 is 5.43 Å². The Morgan fingerprint density at radius 1 is 1.56 bits per heavy atom. The first kappa shape index (κ1) is 12.4. The second-order valence-electron chi connectivity index (χ2n) is 3.27. The molecule has 0 saturated heterocycles. The fourth-order valence-electron chi connectivity index (χ4n) is 1.22. The zero-order chi connectivity index (χ0) is 11.8. The van der Waals surface area contributed by atoms with Crippen LogP contribution in [0.3, 0.4) is 0 Å². The summed E-state index contributed by atoms with van der Waals surface area (Å²) in [5.74, 6) is 0.495. The van der Waals surface area contributed by atoms with E-state index in [2.05, 4.69) is 10.5 Å². The van der Waals surface area contributed by atoms with Crippen LogP contribution in [0, 0.1) is 0 Å². The van der Waals surface area contributed by atoms with Crippen molar-refractivity contribution in [2.45, 2.75) is 13.8 Å². The molecule has 0 atom stereocenters. The summed E-state index contributed by atoms with van der Waals surface area (Å²) in [5.41, 5.74) is 2.45. The Kier molecular flexibility index (Phi) is 5.28. The van der Waals surface area contributed by atoms with Crippen LogP contribution >= 0.6 is 0 Å². The molecule has 1 aromatic rings. The van der Waals surface area contributed by atoms with Crippen molar-refractivity contribution in [3.05, 3.63) is 24.2 Å². The maximum atomic E-state index is 11.4. The van der Waals surface area contributed by atoms with Crippen LogP contribution in [0.2, 0.25) is 0 Å². The largest absolute Gasteiger partial charge is 0.463 e. The summed E-state index contributed by atoms with van der Waals surface area (Å²) in [7, 11) is 0. The summed E-state index contributed by atoms with van der Waals surface area (Å²) in [6, 6.07) is 3.53.